The maximum Gasteiger partial charge on any atom is 0.255 e. The first-order chi connectivity index (χ1) is 35.5. The first-order valence-electron chi connectivity index (χ1n) is 25.9. The van der Waals surface area contributed by atoms with E-state index in [1.54, 1.807) is 14.2 Å². The summed E-state index contributed by atoms with van der Waals surface area (Å²) >= 11 is 0. The molecule has 0 saturated heterocycles. The molecule has 1 heterocycles. The Bertz CT molecular complexity index is 3320. The minimum absolute atomic E-state index is 0.186. The van der Waals surface area contributed by atoms with Crippen molar-refractivity contribution in [2.45, 2.75) is 89.1 Å². The zero-order chi connectivity index (χ0) is 50.4. The summed E-state index contributed by atoms with van der Waals surface area (Å²) in [6, 6.07) is 48.6. The summed E-state index contributed by atoms with van der Waals surface area (Å²) in [7, 11) is 3.24. The monoisotopic (exact) mass is 969 g/mol. The number of hydrogen-bond acceptors (Lipinski definition) is 4. The van der Waals surface area contributed by atoms with Crippen molar-refractivity contribution in [3.05, 3.63) is 208 Å². The van der Waals surface area contributed by atoms with Crippen LogP contribution in [0.2, 0.25) is 0 Å². The molecule has 1 amide bonds. The Morgan fingerprint density at radius 3 is 1.89 bits per heavy atom. The number of unbranched alkanes of at least 4 members (excludes halogenated alkanes) is 2. The molecule has 11 rings (SSSR count). The number of hydrogen-bond donors (Lipinski definition) is 1. The third kappa shape index (κ3) is 8.77. The van der Waals surface area contributed by atoms with E-state index in [1.165, 1.54) is 63.0 Å². The van der Waals surface area contributed by atoms with E-state index < -0.39 is 22.7 Å². The summed E-state index contributed by atoms with van der Waals surface area (Å²) in [5.41, 5.74) is 11.1. The normalized spacial score (nSPS) is 17.0. The predicted octanol–water partition coefficient (Wildman–Crippen LogP) is 17.2. The average Bonchev–Trinajstić information content (AvgIpc) is 3.67. The molecule has 0 spiro atoms. The summed E-state index contributed by atoms with van der Waals surface area (Å²) in [6.45, 7) is 6.60. The Morgan fingerprint density at radius 2 is 1.27 bits per heavy atom. The van der Waals surface area contributed by atoms with Crippen molar-refractivity contribution < 1.29 is 27.8 Å². The Kier molecular flexibility index (Phi) is 12.8. The number of benzene rings is 8. The van der Waals surface area contributed by atoms with Crippen LogP contribution in [0.15, 0.2) is 158 Å². The number of ether oxygens (including phenoxy) is 3. The van der Waals surface area contributed by atoms with Crippen LogP contribution in [0.25, 0.3) is 50.2 Å². The predicted molar refractivity (Wildman–Crippen MR) is 292 cm³/mol. The van der Waals surface area contributed by atoms with Gasteiger partial charge in [-0.15, -0.1) is 0 Å². The van der Waals surface area contributed by atoms with E-state index in [0.717, 1.165) is 73.2 Å². The Morgan fingerprint density at radius 1 is 0.685 bits per heavy atom. The standard InChI is InChI=1S/C66H61F2NO4/c1-6-7-8-9-41-10-12-42(13-11-41)43-14-16-44(17-15-43)45-18-20-47(21-19-45)64(70)69-52-29-22-46(23-30-52)48-24-35-58-56(38-48)60-57-39-51(67)40-59(68)61(57)63-55(62(60)65(58,2)3)36-37-66(73-63,49-25-31-53(71-4)32-26-49)50-27-33-54(72-5)34-28-50/h14-42H,6-13H2,1-5H3,(H,69,70). The zero-order valence-corrected chi connectivity index (χ0v) is 42.3. The van der Waals surface area contributed by atoms with Gasteiger partial charge in [-0.3, -0.25) is 4.79 Å². The molecule has 0 aromatic heterocycles. The van der Waals surface area contributed by atoms with Gasteiger partial charge in [0.2, 0.25) is 0 Å². The van der Waals surface area contributed by atoms with Crippen LogP contribution in [0.1, 0.15) is 122 Å². The maximum atomic E-state index is 16.7. The lowest BCUT2D eigenvalue weighted by Crippen LogP contribution is -2.35. The van der Waals surface area contributed by atoms with Gasteiger partial charge < -0.3 is 19.5 Å². The third-order valence-electron chi connectivity index (χ3n) is 16.1. The molecule has 0 unspecified atom stereocenters. The molecule has 368 valence electrons. The van der Waals surface area contributed by atoms with Gasteiger partial charge in [-0.25, -0.2) is 8.78 Å². The molecule has 0 atom stereocenters. The van der Waals surface area contributed by atoms with Crippen molar-refractivity contribution >= 4 is 28.4 Å². The lowest BCUT2D eigenvalue weighted by atomic mass is 9.76. The fourth-order valence-corrected chi connectivity index (χ4v) is 12.1. The Labute approximate surface area is 427 Å². The Hall–Kier alpha value is -7.51. The van der Waals surface area contributed by atoms with Crippen molar-refractivity contribution in [3.63, 3.8) is 0 Å². The fraction of sp³-hybridized carbons (Fsp3) is 0.258. The molecule has 0 radical (unpaired) electrons. The lowest BCUT2D eigenvalue weighted by molar-refractivity contribution is 0.102. The molecular weight excluding hydrogens is 909 g/mol. The van der Waals surface area contributed by atoms with Crippen LogP contribution in [-0.4, -0.2) is 20.1 Å². The van der Waals surface area contributed by atoms with Crippen molar-refractivity contribution in [2.24, 2.45) is 5.92 Å². The number of halogens is 2. The van der Waals surface area contributed by atoms with Gasteiger partial charge in [-0.1, -0.05) is 137 Å². The van der Waals surface area contributed by atoms with E-state index >= 15 is 8.78 Å². The molecular formula is C66H61F2NO4. The van der Waals surface area contributed by atoms with Crippen LogP contribution in [0.3, 0.4) is 0 Å². The SMILES string of the molecule is CCCCCC1CCC(c2ccc(-c3ccc(C(=O)Nc4ccc(-c5ccc6c(c5)-c5c(c7c(c8c(F)cc(F)cc58)OC(c5ccc(OC)cc5)(c5ccc(OC)cc5)C=C7)C6(C)C)cc4)cc3)cc2)CC1. The van der Waals surface area contributed by atoms with Gasteiger partial charge in [-0.05, 0) is 160 Å². The second-order valence-corrected chi connectivity index (χ2v) is 20.8. The number of nitrogens with one attached hydrogen (secondary N) is 1. The number of anilines is 1. The highest BCUT2D eigenvalue weighted by Gasteiger charge is 2.45. The molecule has 5 nitrogen and oxygen atoms in total. The highest BCUT2D eigenvalue weighted by molar-refractivity contribution is 6.09. The highest BCUT2D eigenvalue weighted by Crippen LogP contribution is 2.59. The molecule has 7 heteroatoms. The second kappa shape index (κ2) is 19.5. The van der Waals surface area contributed by atoms with Gasteiger partial charge in [-0.2, -0.15) is 0 Å². The number of carbonyl (C=O) groups excluding carboxylic acids is 1. The third-order valence-corrected chi connectivity index (χ3v) is 16.1. The quantitative estimate of drug-likeness (QED) is 0.117. The van der Waals surface area contributed by atoms with Crippen LogP contribution in [-0.2, 0) is 11.0 Å². The molecule has 73 heavy (non-hydrogen) atoms. The average molecular weight is 970 g/mol. The Balaban J connectivity index is 0.851. The van der Waals surface area contributed by atoms with Gasteiger partial charge in [0.25, 0.3) is 5.91 Å². The summed E-state index contributed by atoms with van der Waals surface area (Å²) in [5, 5.41) is 3.73. The van der Waals surface area contributed by atoms with Crippen LogP contribution >= 0.6 is 0 Å². The summed E-state index contributed by atoms with van der Waals surface area (Å²) in [4.78, 5) is 13.5. The number of rotatable bonds is 13. The molecule has 1 saturated carbocycles. The second-order valence-electron chi connectivity index (χ2n) is 20.8. The lowest BCUT2D eigenvalue weighted by Gasteiger charge is -2.38. The largest absolute Gasteiger partial charge is 0.497 e. The van der Waals surface area contributed by atoms with E-state index in [9.17, 15) is 4.79 Å². The van der Waals surface area contributed by atoms with Gasteiger partial charge in [0.1, 0.15) is 28.9 Å². The van der Waals surface area contributed by atoms with Crippen LogP contribution in [0, 0.1) is 17.6 Å². The van der Waals surface area contributed by atoms with E-state index in [0.29, 0.717) is 39.8 Å². The minimum Gasteiger partial charge on any atom is -0.497 e. The van der Waals surface area contributed by atoms with Crippen LogP contribution in [0.5, 0.6) is 17.2 Å². The topological polar surface area (TPSA) is 56.8 Å². The van der Waals surface area contributed by atoms with Crippen LogP contribution in [0.4, 0.5) is 14.5 Å². The molecule has 2 aliphatic carbocycles. The molecule has 8 aromatic rings. The van der Waals surface area contributed by atoms with Gasteiger partial charge in [0.15, 0.2) is 5.60 Å². The van der Waals surface area contributed by atoms with E-state index in [2.05, 4.69) is 68.6 Å². The fourth-order valence-electron chi connectivity index (χ4n) is 12.1. The smallest absolute Gasteiger partial charge is 0.255 e. The van der Waals surface area contributed by atoms with Crippen molar-refractivity contribution in [3.8, 4) is 50.6 Å². The number of carbonyl (C=O) groups is 1. The summed E-state index contributed by atoms with van der Waals surface area (Å²) in [5.74, 6) is 1.71. The number of fused-ring (bicyclic) bond motifs is 8. The molecule has 3 aliphatic rings. The number of methoxy groups -OCH3 is 2. The van der Waals surface area contributed by atoms with Crippen molar-refractivity contribution in [1.82, 2.24) is 0 Å². The van der Waals surface area contributed by atoms with E-state index in [1.807, 2.05) is 109 Å². The maximum absolute atomic E-state index is 16.7. The summed E-state index contributed by atoms with van der Waals surface area (Å²) in [6.07, 6.45) is 14.7. The molecule has 1 N–H and O–H groups in total. The van der Waals surface area contributed by atoms with Crippen molar-refractivity contribution in [2.75, 3.05) is 19.5 Å². The minimum atomic E-state index is -1.17. The molecule has 8 aromatic carbocycles. The molecule has 1 fully saturated rings. The molecule has 1 aliphatic heterocycles. The zero-order valence-electron chi connectivity index (χ0n) is 42.3. The van der Waals surface area contributed by atoms with E-state index in [-0.39, 0.29) is 11.3 Å². The number of amides is 1. The van der Waals surface area contributed by atoms with Crippen molar-refractivity contribution in [1.29, 1.82) is 0 Å². The first kappa shape index (κ1) is 47.8. The van der Waals surface area contributed by atoms with E-state index in [4.69, 9.17) is 14.2 Å². The van der Waals surface area contributed by atoms with Crippen LogP contribution < -0.4 is 19.5 Å². The highest BCUT2D eigenvalue weighted by atomic mass is 19.1. The van der Waals surface area contributed by atoms with Gasteiger partial charge >= 0.3 is 0 Å². The van der Waals surface area contributed by atoms with Gasteiger partial charge in [0.05, 0.1) is 19.6 Å². The molecule has 0 bridgehead atoms. The van der Waals surface area contributed by atoms with Gasteiger partial charge in [0, 0.05) is 39.4 Å². The first-order valence-corrected chi connectivity index (χ1v) is 25.9. The summed E-state index contributed by atoms with van der Waals surface area (Å²) < 4.78 is 50.6.